The van der Waals surface area contributed by atoms with Gasteiger partial charge in [0, 0.05) is 125 Å². The molecule has 0 spiro atoms. The van der Waals surface area contributed by atoms with E-state index >= 15 is 0 Å². The Morgan fingerprint density at radius 2 is 1.53 bits per heavy atom. The molecule has 11 N–H and O–H groups in total. The van der Waals surface area contributed by atoms with Crippen molar-refractivity contribution in [1.82, 2.24) is 35.6 Å². The highest BCUT2D eigenvalue weighted by atomic mass is 16.7. The Morgan fingerprint density at radius 3 is 2.23 bits per heavy atom. The van der Waals surface area contributed by atoms with Crippen LogP contribution in [0.15, 0.2) is 54.6 Å². The fourth-order valence-corrected chi connectivity index (χ4v) is 13.1. The van der Waals surface area contributed by atoms with Crippen molar-refractivity contribution >= 4 is 70.5 Å². The van der Waals surface area contributed by atoms with Gasteiger partial charge in [-0.1, -0.05) is 44.5 Å². The second-order valence-electron chi connectivity index (χ2n) is 24.4. The summed E-state index contributed by atoms with van der Waals surface area (Å²) < 4.78 is 36.4. The summed E-state index contributed by atoms with van der Waals surface area (Å²) >= 11 is 0. The van der Waals surface area contributed by atoms with Gasteiger partial charge in [-0.25, -0.2) is 9.59 Å². The molecule has 29 nitrogen and oxygen atoms in total. The van der Waals surface area contributed by atoms with Gasteiger partial charge < -0.3 is 86.3 Å². The second-order valence-corrected chi connectivity index (χ2v) is 24.4. The van der Waals surface area contributed by atoms with Crippen LogP contribution in [0.2, 0.25) is 0 Å². The molecule has 29 heteroatoms. The molecule has 92 heavy (non-hydrogen) atoms. The molecule has 1 unspecified atom stereocenters. The number of imide groups is 1. The molecule has 10 rings (SSSR count). The number of morpholine rings is 1. The number of piperazine rings is 1. The molecule has 3 aromatic rings. The van der Waals surface area contributed by atoms with Crippen LogP contribution in [0, 0.1) is 5.92 Å². The number of fused-ring (bicyclic) bond motifs is 6. The number of anilines is 2. The molecule has 9 amide bonds. The zero-order valence-corrected chi connectivity index (χ0v) is 51.5. The van der Waals surface area contributed by atoms with E-state index < -0.39 is 138 Å². The van der Waals surface area contributed by atoms with Crippen molar-refractivity contribution in [3.05, 3.63) is 93.6 Å². The number of ketones is 2. The van der Waals surface area contributed by atoms with E-state index in [1.54, 1.807) is 38.1 Å². The summed E-state index contributed by atoms with van der Waals surface area (Å²) in [7, 11) is 1.52. The first kappa shape index (κ1) is 66.3. The number of carbonyl (C=O) groups is 10. The molecule has 0 bridgehead atoms. The highest BCUT2D eigenvalue weighted by molar-refractivity contribution is 6.32. The number of rotatable bonds is 22. The number of ether oxygens (including phenoxy) is 6. The first-order valence-corrected chi connectivity index (χ1v) is 30.9. The molecule has 0 aromatic heterocycles. The number of aromatic hydroxyl groups is 2. The molecule has 4 fully saturated rings. The van der Waals surface area contributed by atoms with Crippen molar-refractivity contribution < 1.29 is 91.7 Å². The molecular weight excluding hydrogens is 1200 g/mol. The molecule has 7 aliphatic rings. The number of amides is 9. The van der Waals surface area contributed by atoms with Crippen LogP contribution < -0.4 is 32.7 Å². The molecule has 3 aromatic carbocycles. The summed E-state index contributed by atoms with van der Waals surface area (Å²) in [5.74, 6) is -6.55. The summed E-state index contributed by atoms with van der Waals surface area (Å²) in [6.07, 6.45) is -1.91. The zero-order chi connectivity index (χ0) is 65.9. The molecule has 4 saturated heterocycles. The lowest BCUT2D eigenvalue weighted by molar-refractivity contribution is -0.256. The average Bonchev–Trinajstić information content (AvgIpc) is 0.820. The average molecular weight is 1280 g/mol. The number of phenols is 2. The number of carbonyl (C=O) groups excluding carboxylic acids is 10. The Bertz CT molecular complexity index is 3410. The summed E-state index contributed by atoms with van der Waals surface area (Å²) in [6, 6.07) is 7.50. The minimum atomic E-state index is -2.34. The van der Waals surface area contributed by atoms with Gasteiger partial charge in [0.05, 0.1) is 35.5 Å². The third-order valence-corrected chi connectivity index (χ3v) is 17.9. The maximum Gasteiger partial charge on any atom is 0.410 e. The molecular formula is C63H78N10O19. The molecule has 5 aliphatic heterocycles. The fraction of sp³-hybridized carbons (Fsp3) is 0.524. The van der Waals surface area contributed by atoms with Crippen LogP contribution in [0.5, 0.6) is 11.5 Å². The molecule has 0 radical (unpaired) electrons. The van der Waals surface area contributed by atoms with Crippen molar-refractivity contribution in [2.75, 3.05) is 70.6 Å². The number of benzene rings is 3. The fourth-order valence-electron chi connectivity index (χ4n) is 13.1. The highest BCUT2D eigenvalue weighted by Crippen LogP contribution is 2.53. The zero-order valence-electron chi connectivity index (χ0n) is 51.5. The van der Waals surface area contributed by atoms with Crippen LogP contribution in [0.25, 0.3) is 0 Å². The Labute approximate surface area is 529 Å². The van der Waals surface area contributed by atoms with Gasteiger partial charge in [-0.2, -0.15) is 0 Å². The van der Waals surface area contributed by atoms with E-state index in [-0.39, 0.29) is 123 Å². The number of primary amides is 1. The number of unbranched alkanes of at least 4 members (excludes halogenated alkanes) is 2. The van der Waals surface area contributed by atoms with Gasteiger partial charge in [-0.15, -0.1) is 0 Å². The summed E-state index contributed by atoms with van der Waals surface area (Å²) in [5.41, 5.74) is 8.40. The maximum absolute atomic E-state index is 14.8. The van der Waals surface area contributed by atoms with Crippen LogP contribution in [-0.4, -0.2) is 208 Å². The third kappa shape index (κ3) is 13.9. The standard InChI is InChI=1S/C63H78N10O19/c1-32(2)50(69-42(74)13-6-5-7-21-73-43(75)18-19-44(73)76)57(82)68-39(12-9-20-66-61(65)84)56(81)67-35-16-14-34(15-17-35)31-89-62(85)71-24-22-70(23-25-71)60(83)63(86)29-37-47(54(80)49-48(52(37)78)51(77)36-10-8-11-38(64)46(36)53(49)79)41(30-63)91-45-28-40-55(33(3)90-45)92-58-59(87-4)88-27-26-72(40)58/h8,10-11,14-19,32-33,39-41,45,50,55,58-59,78,80,86H,5-7,9,12-13,20-31,64H2,1-4H3,(H,67,81)(H,68,82)(H,69,74)(H3,65,66,84)/t33-,39-,40-,41-,45?,50-,55+,58+,59-,63-/m0/s1. The van der Waals surface area contributed by atoms with Crippen LogP contribution in [0.4, 0.5) is 21.0 Å². The smallest absolute Gasteiger partial charge is 0.410 e. The predicted molar refractivity (Wildman–Crippen MR) is 323 cm³/mol. The third-order valence-electron chi connectivity index (χ3n) is 17.9. The van der Waals surface area contributed by atoms with Crippen LogP contribution in [0.3, 0.4) is 0 Å². The van der Waals surface area contributed by atoms with Gasteiger partial charge in [0.1, 0.15) is 41.9 Å². The number of urea groups is 1. The normalized spacial score (nSPS) is 24.8. The molecule has 0 saturated carbocycles. The van der Waals surface area contributed by atoms with Crippen LogP contribution >= 0.6 is 0 Å². The highest BCUT2D eigenvalue weighted by Gasteiger charge is 2.56. The number of hydrogen-bond acceptors (Lipinski definition) is 21. The van der Waals surface area contributed by atoms with Gasteiger partial charge in [-0.05, 0) is 62.3 Å². The minimum Gasteiger partial charge on any atom is -0.507 e. The Hall–Kier alpha value is -8.58. The van der Waals surface area contributed by atoms with E-state index in [1.807, 2.05) is 6.92 Å². The van der Waals surface area contributed by atoms with E-state index in [2.05, 4.69) is 26.2 Å². The van der Waals surface area contributed by atoms with Gasteiger partial charge in [-0.3, -0.25) is 48.2 Å². The molecule has 5 heterocycles. The van der Waals surface area contributed by atoms with Crippen molar-refractivity contribution in [1.29, 1.82) is 0 Å². The predicted octanol–water partition coefficient (Wildman–Crippen LogP) is 1.70. The number of nitrogens with one attached hydrogen (secondary N) is 4. The summed E-state index contributed by atoms with van der Waals surface area (Å²) in [4.78, 5) is 138. The van der Waals surface area contributed by atoms with E-state index in [0.717, 1.165) is 4.90 Å². The van der Waals surface area contributed by atoms with Gasteiger partial charge in [0.15, 0.2) is 30.4 Å². The number of aliphatic hydroxyl groups is 1. The van der Waals surface area contributed by atoms with Crippen LogP contribution in [0.1, 0.15) is 127 Å². The number of nitrogens with two attached hydrogens (primary N) is 2. The number of phenolic OH excluding ortho intramolecular Hbond substituents is 2. The maximum atomic E-state index is 14.8. The van der Waals surface area contributed by atoms with E-state index in [4.69, 9.17) is 39.9 Å². The van der Waals surface area contributed by atoms with Gasteiger partial charge in [0.25, 0.3) is 17.7 Å². The second kappa shape index (κ2) is 28.1. The lowest BCUT2D eigenvalue weighted by Crippen LogP contribution is -2.59. The van der Waals surface area contributed by atoms with Gasteiger partial charge in [0.2, 0.25) is 17.7 Å². The number of nitrogens with zero attached hydrogens (tertiary/aromatic N) is 4. The SMILES string of the molecule is CO[C@H]1OCCN2[C@@H]1O[C@@H]1[C@H](C)OC(O[C@H]3C[C@](O)(C(=O)N4CCN(C(=O)OCc5ccc(NC(=O)[C@H](CCCNC(N)=O)NC(=O)[C@@H](NC(=O)CCCCCN6C(=O)C=CC6=O)C(C)C)cc5)CC4)Cc4c(O)c5c(c(O)c43)C(=O)c3c(N)cccc3C5=O)C[C@@H]12. The van der Waals surface area contributed by atoms with E-state index in [0.29, 0.717) is 43.7 Å². The number of nitrogen functional groups attached to an aromatic ring is 1. The van der Waals surface area contributed by atoms with Crippen molar-refractivity contribution in [3.8, 4) is 11.5 Å². The Kier molecular flexibility index (Phi) is 20.3. The van der Waals surface area contributed by atoms with Crippen molar-refractivity contribution in [2.45, 2.75) is 146 Å². The quantitative estimate of drug-likeness (QED) is 0.0234. The van der Waals surface area contributed by atoms with E-state index in [9.17, 15) is 63.3 Å². The Balaban J connectivity index is 0.754. The molecule has 10 atom stereocenters. The summed E-state index contributed by atoms with van der Waals surface area (Å²) in [6.45, 7) is 6.16. The first-order chi connectivity index (χ1) is 44.0. The monoisotopic (exact) mass is 1280 g/mol. The Morgan fingerprint density at radius 1 is 0.826 bits per heavy atom. The van der Waals surface area contributed by atoms with Gasteiger partial charge >= 0.3 is 12.1 Å². The number of hydrogen-bond donors (Lipinski definition) is 9. The molecule has 2 aliphatic carbocycles. The first-order valence-electron chi connectivity index (χ1n) is 30.9. The number of methoxy groups -OCH3 is 1. The topological polar surface area (TPSA) is 400 Å². The molecule has 494 valence electrons. The van der Waals surface area contributed by atoms with E-state index in [1.165, 1.54) is 47.3 Å². The van der Waals surface area contributed by atoms with Crippen LogP contribution in [-0.2, 0) is 70.2 Å². The van der Waals surface area contributed by atoms with Crippen molar-refractivity contribution in [2.24, 2.45) is 11.7 Å². The minimum absolute atomic E-state index is 0.0145. The lowest BCUT2D eigenvalue weighted by Gasteiger charge is -2.45. The van der Waals surface area contributed by atoms with Crippen molar-refractivity contribution in [3.63, 3.8) is 0 Å². The lowest BCUT2D eigenvalue weighted by atomic mass is 9.72. The largest absolute Gasteiger partial charge is 0.507 e. The summed E-state index contributed by atoms with van der Waals surface area (Å²) in [5, 5.41) is 47.8.